The molecule has 0 aliphatic carbocycles. The first kappa shape index (κ1) is 16.0. The van der Waals surface area contributed by atoms with Crippen LogP contribution in [0.4, 0.5) is 0 Å². The van der Waals surface area contributed by atoms with Crippen LogP contribution in [0.25, 0.3) is 0 Å². The van der Waals surface area contributed by atoms with E-state index in [1.807, 2.05) is 19.9 Å². The molecule has 0 heterocycles. The van der Waals surface area contributed by atoms with E-state index in [1.54, 1.807) is 31.3 Å². The number of amides is 1. The SMILES string of the molecule is CC(C)C(Oc1ccccc1C#N)C(=O)N(C)CCO. The molecule has 5 nitrogen and oxygen atoms in total. The van der Waals surface area contributed by atoms with Crippen LogP contribution in [-0.4, -0.2) is 42.2 Å². The second-order valence-electron chi connectivity index (χ2n) is 4.87. The summed E-state index contributed by atoms with van der Waals surface area (Å²) < 4.78 is 5.73. The summed E-state index contributed by atoms with van der Waals surface area (Å²) in [4.78, 5) is 13.7. The van der Waals surface area contributed by atoms with E-state index in [1.165, 1.54) is 4.90 Å². The molecule has 1 N–H and O–H groups in total. The summed E-state index contributed by atoms with van der Waals surface area (Å²) in [6.45, 7) is 3.92. The van der Waals surface area contributed by atoms with E-state index >= 15 is 0 Å². The van der Waals surface area contributed by atoms with Crippen LogP contribution in [0.1, 0.15) is 19.4 Å². The summed E-state index contributed by atoms with van der Waals surface area (Å²) >= 11 is 0. The third-order valence-electron chi connectivity index (χ3n) is 2.92. The second-order valence-corrected chi connectivity index (χ2v) is 4.87. The number of nitriles is 1. The van der Waals surface area contributed by atoms with Crippen molar-refractivity contribution in [3.63, 3.8) is 0 Å². The Morgan fingerprint density at radius 1 is 1.45 bits per heavy atom. The first-order valence-corrected chi connectivity index (χ1v) is 6.52. The molecule has 0 fully saturated rings. The molecule has 0 aliphatic rings. The van der Waals surface area contributed by atoms with Crippen LogP contribution in [0.15, 0.2) is 24.3 Å². The maximum absolute atomic E-state index is 12.3. The molecule has 20 heavy (non-hydrogen) atoms. The van der Waals surface area contributed by atoms with Gasteiger partial charge in [0.25, 0.3) is 5.91 Å². The molecule has 1 aromatic carbocycles. The van der Waals surface area contributed by atoms with Gasteiger partial charge in [-0.3, -0.25) is 4.79 Å². The van der Waals surface area contributed by atoms with Gasteiger partial charge in [0.1, 0.15) is 11.8 Å². The average molecular weight is 276 g/mol. The van der Waals surface area contributed by atoms with Gasteiger partial charge in [0.2, 0.25) is 0 Å². The zero-order chi connectivity index (χ0) is 15.1. The fraction of sp³-hybridized carbons (Fsp3) is 0.467. The number of hydrogen-bond acceptors (Lipinski definition) is 4. The zero-order valence-corrected chi connectivity index (χ0v) is 12.0. The van der Waals surface area contributed by atoms with Crippen LogP contribution < -0.4 is 4.74 Å². The van der Waals surface area contributed by atoms with Crippen LogP contribution in [0.2, 0.25) is 0 Å². The van der Waals surface area contributed by atoms with Crippen LogP contribution in [-0.2, 0) is 4.79 Å². The lowest BCUT2D eigenvalue weighted by Crippen LogP contribution is -2.43. The Balaban J connectivity index is 2.93. The van der Waals surface area contributed by atoms with Gasteiger partial charge in [-0.25, -0.2) is 0 Å². The van der Waals surface area contributed by atoms with Crippen molar-refractivity contribution in [3.05, 3.63) is 29.8 Å². The smallest absolute Gasteiger partial charge is 0.263 e. The minimum Gasteiger partial charge on any atom is -0.479 e. The number of aliphatic hydroxyl groups excluding tert-OH is 1. The Bertz CT molecular complexity index is 494. The number of aliphatic hydroxyl groups is 1. The van der Waals surface area contributed by atoms with E-state index in [-0.39, 0.29) is 25.0 Å². The molecule has 1 aromatic rings. The molecular weight excluding hydrogens is 256 g/mol. The van der Waals surface area contributed by atoms with Crippen LogP contribution in [0, 0.1) is 17.2 Å². The summed E-state index contributed by atoms with van der Waals surface area (Å²) in [6.07, 6.45) is -0.680. The fourth-order valence-electron chi connectivity index (χ4n) is 1.75. The van der Waals surface area contributed by atoms with Crippen molar-refractivity contribution >= 4 is 5.91 Å². The van der Waals surface area contributed by atoms with Gasteiger partial charge in [-0.2, -0.15) is 5.26 Å². The summed E-state index contributed by atoms with van der Waals surface area (Å²) in [5.74, 6) is 0.150. The molecule has 0 saturated heterocycles. The number of ether oxygens (including phenoxy) is 1. The first-order chi connectivity index (χ1) is 9.51. The molecule has 0 aromatic heterocycles. The van der Waals surface area contributed by atoms with E-state index < -0.39 is 6.10 Å². The lowest BCUT2D eigenvalue weighted by Gasteiger charge is -2.26. The monoisotopic (exact) mass is 276 g/mol. The van der Waals surface area contributed by atoms with Crippen molar-refractivity contribution in [1.82, 2.24) is 4.90 Å². The van der Waals surface area contributed by atoms with Gasteiger partial charge < -0.3 is 14.7 Å². The number of para-hydroxylation sites is 1. The molecule has 1 rings (SSSR count). The zero-order valence-electron chi connectivity index (χ0n) is 12.0. The van der Waals surface area contributed by atoms with Gasteiger partial charge >= 0.3 is 0 Å². The number of likely N-dealkylation sites (N-methyl/N-ethyl adjacent to an activating group) is 1. The summed E-state index contributed by atoms with van der Waals surface area (Å²) in [6, 6.07) is 8.87. The Kier molecular flexibility index (Phi) is 6.01. The maximum atomic E-state index is 12.3. The van der Waals surface area contributed by atoms with E-state index in [4.69, 9.17) is 15.1 Å². The van der Waals surface area contributed by atoms with Gasteiger partial charge in [0, 0.05) is 13.6 Å². The lowest BCUT2D eigenvalue weighted by molar-refractivity contribution is -0.139. The van der Waals surface area contributed by atoms with Gasteiger partial charge in [-0.15, -0.1) is 0 Å². The van der Waals surface area contributed by atoms with Gasteiger partial charge in [0.05, 0.1) is 12.2 Å². The van der Waals surface area contributed by atoms with E-state index in [0.29, 0.717) is 11.3 Å². The van der Waals surface area contributed by atoms with Gasteiger partial charge in [0.15, 0.2) is 6.10 Å². The predicted molar refractivity (Wildman–Crippen MR) is 75.1 cm³/mol. The maximum Gasteiger partial charge on any atom is 0.263 e. The highest BCUT2D eigenvalue weighted by molar-refractivity contribution is 5.81. The van der Waals surface area contributed by atoms with Crippen molar-refractivity contribution in [2.75, 3.05) is 20.2 Å². The number of carbonyl (C=O) groups is 1. The minimum absolute atomic E-state index is 0.0459. The normalized spacial score (nSPS) is 11.8. The second kappa shape index (κ2) is 7.51. The van der Waals surface area contributed by atoms with Crippen LogP contribution in [0.5, 0.6) is 5.75 Å². The highest BCUT2D eigenvalue weighted by atomic mass is 16.5. The first-order valence-electron chi connectivity index (χ1n) is 6.52. The number of carbonyl (C=O) groups excluding carboxylic acids is 1. The third kappa shape index (κ3) is 3.97. The molecule has 108 valence electrons. The largest absolute Gasteiger partial charge is 0.479 e. The molecule has 0 saturated carbocycles. The highest BCUT2D eigenvalue weighted by Crippen LogP contribution is 2.21. The predicted octanol–water partition coefficient (Wildman–Crippen LogP) is 1.41. The van der Waals surface area contributed by atoms with Crippen molar-refractivity contribution < 1.29 is 14.6 Å². The molecule has 0 radical (unpaired) electrons. The highest BCUT2D eigenvalue weighted by Gasteiger charge is 2.27. The molecule has 1 unspecified atom stereocenters. The molecule has 1 atom stereocenters. The Hall–Kier alpha value is -2.06. The van der Waals surface area contributed by atoms with E-state index in [9.17, 15) is 4.79 Å². The van der Waals surface area contributed by atoms with Crippen molar-refractivity contribution in [1.29, 1.82) is 5.26 Å². The molecule has 1 amide bonds. The summed E-state index contributed by atoms with van der Waals surface area (Å²) in [7, 11) is 1.62. The number of hydrogen-bond donors (Lipinski definition) is 1. The molecule has 5 heteroatoms. The van der Waals surface area contributed by atoms with E-state index in [2.05, 4.69) is 0 Å². The third-order valence-corrected chi connectivity index (χ3v) is 2.92. The number of benzene rings is 1. The summed E-state index contributed by atoms with van der Waals surface area (Å²) in [5, 5.41) is 17.9. The van der Waals surface area contributed by atoms with Crippen LogP contribution in [0.3, 0.4) is 0 Å². The number of rotatable bonds is 6. The Morgan fingerprint density at radius 3 is 2.65 bits per heavy atom. The topological polar surface area (TPSA) is 73.6 Å². The Labute approximate surface area is 119 Å². The lowest BCUT2D eigenvalue weighted by atomic mass is 10.1. The average Bonchev–Trinajstić information content (AvgIpc) is 2.44. The quantitative estimate of drug-likeness (QED) is 0.852. The van der Waals surface area contributed by atoms with Crippen molar-refractivity contribution in [3.8, 4) is 11.8 Å². The van der Waals surface area contributed by atoms with Crippen LogP contribution >= 0.6 is 0 Å². The molecule has 0 bridgehead atoms. The van der Waals surface area contributed by atoms with Crippen molar-refractivity contribution in [2.24, 2.45) is 5.92 Å². The summed E-state index contributed by atoms with van der Waals surface area (Å²) in [5.41, 5.74) is 0.399. The van der Waals surface area contributed by atoms with Gasteiger partial charge in [-0.05, 0) is 18.1 Å². The standard InChI is InChI=1S/C15H20N2O3/c1-11(2)14(15(19)17(3)8-9-18)20-13-7-5-4-6-12(13)10-16/h4-7,11,14,18H,8-9H2,1-3H3. The molecular formula is C15H20N2O3. The van der Waals surface area contributed by atoms with E-state index in [0.717, 1.165) is 0 Å². The number of nitrogens with zero attached hydrogens (tertiary/aromatic N) is 2. The Morgan fingerprint density at radius 2 is 2.10 bits per heavy atom. The minimum atomic E-state index is -0.680. The molecule has 0 spiro atoms. The molecule has 0 aliphatic heterocycles. The van der Waals surface area contributed by atoms with Gasteiger partial charge in [-0.1, -0.05) is 26.0 Å². The van der Waals surface area contributed by atoms with Crippen molar-refractivity contribution in [2.45, 2.75) is 20.0 Å². The fourth-order valence-corrected chi connectivity index (χ4v) is 1.75.